The summed E-state index contributed by atoms with van der Waals surface area (Å²) >= 11 is 5.93. The van der Waals surface area contributed by atoms with Crippen molar-refractivity contribution in [3.05, 3.63) is 28.8 Å². The fourth-order valence-corrected chi connectivity index (χ4v) is 2.97. The summed E-state index contributed by atoms with van der Waals surface area (Å²) in [6.45, 7) is 0.435. The normalized spacial score (nSPS) is 16.3. The fourth-order valence-electron chi connectivity index (χ4n) is 2.77. The van der Waals surface area contributed by atoms with E-state index >= 15 is 0 Å². The second-order valence-corrected chi connectivity index (χ2v) is 6.47. The maximum Gasteiger partial charge on any atom is 0.492 e. The molecule has 26 heavy (non-hydrogen) atoms. The molecule has 0 radical (unpaired) electrons. The summed E-state index contributed by atoms with van der Waals surface area (Å²) in [6, 6.07) is 4.82. The number of hydroxylamine groups is 2. The maximum atomic E-state index is 12.3. The number of halogens is 4. The van der Waals surface area contributed by atoms with Crippen molar-refractivity contribution in [2.24, 2.45) is 5.92 Å². The summed E-state index contributed by atoms with van der Waals surface area (Å²) in [4.78, 5) is 27.4. The van der Waals surface area contributed by atoms with Gasteiger partial charge in [-0.3, -0.25) is 4.79 Å². The van der Waals surface area contributed by atoms with E-state index in [1.54, 1.807) is 18.2 Å². The van der Waals surface area contributed by atoms with E-state index in [0.717, 1.165) is 5.06 Å². The molecule has 1 fully saturated rings. The highest BCUT2D eigenvalue weighted by molar-refractivity contribution is 6.32. The number of Topliss-reactive ketones (excluding diaryl/α,β-unsaturated/α-hetero) is 1. The minimum absolute atomic E-state index is 0.0501. The van der Waals surface area contributed by atoms with E-state index in [1.807, 2.05) is 0 Å². The van der Waals surface area contributed by atoms with Crippen molar-refractivity contribution in [2.75, 3.05) is 20.2 Å². The van der Waals surface area contributed by atoms with Gasteiger partial charge in [-0.2, -0.15) is 13.2 Å². The van der Waals surface area contributed by atoms with Crippen LogP contribution in [0.15, 0.2) is 18.2 Å². The number of ether oxygens (including phenoxy) is 1. The first-order chi connectivity index (χ1) is 12.2. The van der Waals surface area contributed by atoms with Gasteiger partial charge in [0.1, 0.15) is 5.75 Å². The van der Waals surface area contributed by atoms with Crippen LogP contribution < -0.4 is 4.74 Å². The van der Waals surface area contributed by atoms with E-state index in [-0.39, 0.29) is 24.8 Å². The standard InChI is InChI=1S/C17H19ClF3NO4/c1-25-15-10-12(3-4-13(15)18)14(23)5-2-11-6-8-22(9-7-11)26-16(24)17(19,20)21/h3-4,10-11H,2,5-9H2,1H3. The summed E-state index contributed by atoms with van der Waals surface area (Å²) in [5.74, 6) is -1.64. The van der Waals surface area contributed by atoms with Crippen LogP contribution in [0.2, 0.25) is 5.02 Å². The smallest absolute Gasteiger partial charge is 0.492 e. The number of alkyl halides is 3. The Morgan fingerprint density at radius 3 is 2.50 bits per heavy atom. The Bertz CT molecular complexity index is 658. The molecule has 0 amide bonds. The van der Waals surface area contributed by atoms with Gasteiger partial charge in [-0.1, -0.05) is 11.6 Å². The Hall–Kier alpha value is -1.80. The van der Waals surface area contributed by atoms with Crippen LogP contribution in [0.3, 0.4) is 0 Å². The SMILES string of the molecule is COc1cc(C(=O)CCC2CCN(OC(=O)C(F)(F)F)CC2)ccc1Cl. The lowest BCUT2D eigenvalue weighted by atomic mass is 9.91. The third-order valence-electron chi connectivity index (χ3n) is 4.27. The number of hydrogen-bond acceptors (Lipinski definition) is 5. The van der Waals surface area contributed by atoms with Gasteiger partial charge in [0.05, 0.1) is 12.1 Å². The summed E-state index contributed by atoms with van der Waals surface area (Å²) in [5.41, 5.74) is 0.503. The summed E-state index contributed by atoms with van der Waals surface area (Å²) in [6.07, 6.45) is -2.95. The van der Waals surface area contributed by atoms with E-state index in [1.165, 1.54) is 7.11 Å². The van der Waals surface area contributed by atoms with Gasteiger partial charge in [-0.15, -0.1) is 5.06 Å². The molecular formula is C17H19ClF3NO4. The molecule has 0 unspecified atom stereocenters. The lowest BCUT2D eigenvalue weighted by Gasteiger charge is -2.30. The quantitative estimate of drug-likeness (QED) is 0.683. The Labute approximate surface area is 154 Å². The van der Waals surface area contributed by atoms with Gasteiger partial charge in [0, 0.05) is 25.1 Å². The zero-order chi connectivity index (χ0) is 19.3. The minimum Gasteiger partial charge on any atom is -0.495 e. The summed E-state index contributed by atoms with van der Waals surface area (Å²) in [7, 11) is 1.47. The monoisotopic (exact) mass is 393 g/mol. The predicted octanol–water partition coefficient (Wildman–Crippen LogP) is 4.04. The molecule has 144 valence electrons. The van der Waals surface area contributed by atoms with Crippen molar-refractivity contribution in [3.63, 3.8) is 0 Å². The highest BCUT2D eigenvalue weighted by atomic mass is 35.5. The van der Waals surface area contributed by atoms with E-state index < -0.39 is 12.1 Å². The number of ketones is 1. The molecule has 1 heterocycles. The molecule has 0 N–H and O–H groups in total. The molecule has 2 rings (SSSR count). The lowest BCUT2D eigenvalue weighted by molar-refractivity contribution is -0.242. The summed E-state index contributed by atoms with van der Waals surface area (Å²) in [5, 5.41) is 1.45. The van der Waals surface area contributed by atoms with Gasteiger partial charge in [0.15, 0.2) is 5.78 Å². The Kier molecular flexibility index (Phi) is 6.88. The molecule has 1 aromatic carbocycles. The second-order valence-electron chi connectivity index (χ2n) is 6.06. The second kappa shape index (κ2) is 8.73. The molecule has 0 aromatic heterocycles. The molecule has 0 aliphatic carbocycles. The average molecular weight is 394 g/mol. The highest BCUT2D eigenvalue weighted by Gasteiger charge is 2.42. The Morgan fingerprint density at radius 2 is 1.92 bits per heavy atom. The van der Waals surface area contributed by atoms with Gasteiger partial charge >= 0.3 is 12.1 Å². The fraction of sp³-hybridized carbons (Fsp3) is 0.529. The van der Waals surface area contributed by atoms with Gasteiger partial charge < -0.3 is 9.57 Å². The molecule has 1 aliphatic heterocycles. The Morgan fingerprint density at radius 1 is 1.27 bits per heavy atom. The number of carbonyl (C=O) groups is 2. The van der Waals surface area contributed by atoms with Crippen molar-refractivity contribution < 1.29 is 32.3 Å². The Balaban J connectivity index is 1.78. The van der Waals surface area contributed by atoms with Gasteiger partial charge in [0.25, 0.3) is 0 Å². The first-order valence-electron chi connectivity index (χ1n) is 8.11. The topological polar surface area (TPSA) is 55.8 Å². The maximum absolute atomic E-state index is 12.3. The van der Waals surface area contributed by atoms with Gasteiger partial charge in [-0.25, -0.2) is 4.79 Å². The molecule has 1 saturated heterocycles. The van der Waals surface area contributed by atoms with Crippen molar-refractivity contribution in [3.8, 4) is 5.75 Å². The van der Waals surface area contributed by atoms with Crippen LogP contribution >= 0.6 is 11.6 Å². The first-order valence-corrected chi connectivity index (χ1v) is 8.49. The molecule has 0 atom stereocenters. The molecule has 5 nitrogen and oxygen atoms in total. The van der Waals surface area contributed by atoms with Crippen LogP contribution in [0.5, 0.6) is 5.75 Å². The zero-order valence-corrected chi connectivity index (χ0v) is 14.9. The first kappa shape index (κ1) is 20.5. The number of piperidine rings is 1. The summed E-state index contributed by atoms with van der Waals surface area (Å²) < 4.78 is 41.6. The van der Waals surface area contributed by atoms with Gasteiger partial charge in [0.2, 0.25) is 0 Å². The van der Waals surface area contributed by atoms with Crippen molar-refractivity contribution in [2.45, 2.75) is 31.9 Å². The number of hydrogen-bond donors (Lipinski definition) is 0. The molecule has 0 bridgehead atoms. The number of benzene rings is 1. The molecule has 1 aliphatic rings. The minimum atomic E-state index is -5.00. The predicted molar refractivity (Wildman–Crippen MR) is 88.0 cm³/mol. The van der Waals surface area contributed by atoms with Crippen LogP contribution in [0.4, 0.5) is 13.2 Å². The van der Waals surface area contributed by atoms with E-state index in [2.05, 4.69) is 4.84 Å². The number of rotatable bonds is 6. The molecule has 1 aromatic rings. The van der Waals surface area contributed by atoms with Crippen molar-refractivity contribution >= 4 is 23.4 Å². The molecule has 9 heteroatoms. The van der Waals surface area contributed by atoms with Crippen LogP contribution in [0, 0.1) is 5.92 Å². The van der Waals surface area contributed by atoms with Crippen LogP contribution in [-0.2, 0) is 9.63 Å². The lowest BCUT2D eigenvalue weighted by Crippen LogP contribution is -2.39. The zero-order valence-electron chi connectivity index (χ0n) is 14.1. The van der Waals surface area contributed by atoms with Crippen LogP contribution in [0.1, 0.15) is 36.0 Å². The van der Waals surface area contributed by atoms with Gasteiger partial charge in [-0.05, 0) is 43.4 Å². The van der Waals surface area contributed by atoms with Crippen molar-refractivity contribution in [1.29, 1.82) is 0 Å². The highest BCUT2D eigenvalue weighted by Crippen LogP contribution is 2.28. The molecule has 0 spiro atoms. The van der Waals surface area contributed by atoms with E-state index in [4.69, 9.17) is 16.3 Å². The number of carbonyl (C=O) groups excluding carboxylic acids is 2. The molecular weight excluding hydrogens is 375 g/mol. The number of methoxy groups -OCH3 is 1. The third kappa shape index (κ3) is 5.60. The van der Waals surface area contributed by atoms with Crippen LogP contribution in [0.25, 0.3) is 0 Å². The van der Waals surface area contributed by atoms with Crippen molar-refractivity contribution in [1.82, 2.24) is 5.06 Å². The third-order valence-corrected chi connectivity index (χ3v) is 4.58. The van der Waals surface area contributed by atoms with E-state index in [9.17, 15) is 22.8 Å². The largest absolute Gasteiger partial charge is 0.495 e. The van der Waals surface area contributed by atoms with Crippen LogP contribution in [-0.4, -0.2) is 43.2 Å². The number of nitrogens with zero attached hydrogens (tertiary/aromatic N) is 1. The molecule has 0 saturated carbocycles. The average Bonchev–Trinajstić information content (AvgIpc) is 2.60. The van der Waals surface area contributed by atoms with E-state index in [0.29, 0.717) is 42.0 Å².